The number of hydrogen-bond donors (Lipinski definition) is 9. The van der Waals surface area contributed by atoms with Crippen LogP contribution in [-0.2, 0) is 56.0 Å². The summed E-state index contributed by atoms with van der Waals surface area (Å²) in [6.45, 7) is -2.47. The molecule has 432 valence electrons. The molecule has 0 amide bonds. The molecular formula is C50H67N9O18S2. The molecule has 0 aromatic heterocycles. The number of hydrogen-bond acceptors (Lipinski definition) is 20. The smallest absolute Gasteiger partial charge is 0.317 e. The number of thioether (sulfide) groups is 1. The number of benzene rings is 2. The first kappa shape index (κ1) is 66.3. The Balaban J connectivity index is 0.000000416. The fourth-order valence-electron chi connectivity index (χ4n) is 9.72. The zero-order chi connectivity index (χ0) is 58.6. The minimum Gasteiger partial charge on any atom is -0.480 e. The number of thiocarbonyl (C=S) groups is 1. The Hall–Kier alpha value is -6.97. The van der Waals surface area contributed by atoms with E-state index >= 15 is 0 Å². The fourth-order valence-corrected chi connectivity index (χ4v) is 10.2. The van der Waals surface area contributed by atoms with Gasteiger partial charge >= 0.3 is 53.7 Å². The minimum atomic E-state index is -1.27. The van der Waals surface area contributed by atoms with Crippen molar-refractivity contribution in [2.75, 3.05) is 111 Å². The van der Waals surface area contributed by atoms with E-state index in [1.165, 1.54) is 9.80 Å². The molecule has 27 nitrogen and oxygen atoms in total. The number of rotatable bonds is 29. The van der Waals surface area contributed by atoms with Crippen LogP contribution >= 0.6 is 24.0 Å². The van der Waals surface area contributed by atoms with E-state index in [0.29, 0.717) is 43.4 Å². The van der Waals surface area contributed by atoms with Gasteiger partial charge in [0.25, 0.3) is 0 Å². The van der Waals surface area contributed by atoms with E-state index in [2.05, 4.69) is 22.4 Å². The predicted octanol–water partition coefficient (Wildman–Crippen LogP) is 0.703. The molecule has 0 bridgehead atoms. The largest absolute Gasteiger partial charge is 0.480 e. The van der Waals surface area contributed by atoms with Crippen LogP contribution in [0.1, 0.15) is 36.8 Å². The van der Waals surface area contributed by atoms with Gasteiger partial charge in [0.2, 0.25) is 0 Å². The van der Waals surface area contributed by atoms with Gasteiger partial charge in [0.05, 0.1) is 69.8 Å². The lowest BCUT2D eigenvalue weighted by molar-refractivity contribution is -0.146. The Bertz CT molecular complexity index is 2450. The van der Waals surface area contributed by atoms with Gasteiger partial charge in [-0.15, -0.1) is 0 Å². The maximum Gasteiger partial charge on any atom is 0.317 e. The summed E-state index contributed by atoms with van der Waals surface area (Å²) in [7, 11) is 0. The van der Waals surface area contributed by atoms with Crippen LogP contribution in [0.5, 0.6) is 0 Å². The van der Waals surface area contributed by atoms with Crippen molar-refractivity contribution in [1.29, 1.82) is 5.26 Å². The molecule has 2 aromatic rings. The molecule has 29 heteroatoms. The van der Waals surface area contributed by atoms with E-state index < -0.39 is 111 Å². The van der Waals surface area contributed by atoms with Crippen LogP contribution < -0.4 is 0 Å². The summed E-state index contributed by atoms with van der Waals surface area (Å²) in [5, 5.41) is 98.6. The Kier molecular flexibility index (Phi) is 29.2. The van der Waals surface area contributed by atoms with Gasteiger partial charge < -0.3 is 46.0 Å². The van der Waals surface area contributed by atoms with Crippen molar-refractivity contribution in [3.05, 3.63) is 59.7 Å². The quantitative estimate of drug-likeness (QED) is 0.0234. The van der Waals surface area contributed by atoms with Crippen LogP contribution in [0.15, 0.2) is 58.4 Å². The first-order valence-corrected chi connectivity index (χ1v) is 26.1. The molecule has 1 saturated heterocycles. The van der Waals surface area contributed by atoms with E-state index in [9.17, 15) is 89.1 Å². The molecule has 1 aliphatic carbocycles. The van der Waals surface area contributed by atoms with Crippen molar-refractivity contribution in [3.63, 3.8) is 0 Å². The molecule has 1 aliphatic heterocycles. The van der Waals surface area contributed by atoms with Crippen LogP contribution in [0, 0.1) is 10.7 Å². The van der Waals surface area contributed by atoms with Crippen molar-refractivity contribution in [1.82, 2.24) is 34.3 Å². The molecule has 1 heterocycles. The lowest BCUT2D eigenvalue weighted by Crippen LogP contribution is -2.59. The highest BCUT2D eigenvalue weighted by atomic mass is 32.2. The zero-order valence-electron chi connectivity index (χ0n) is 43.2. The first-order chi connectivity index (χ1) is 37.4. The maximum atomic E-state index is 12.0. The fraction of sp³-hybridized carbons (Fsp3) is 0.540. The monoisotopic (exact) mass is 1150 g/mol. The average Bonchev–Trinajstić information content (AvgIpc) is 3.35. The molecule has 0 radical (unpaired) electrons. The van der Waals surface area contributed by atoms with Crippen molar-refractivity contribution in [2.24, 2.45) is 4.99 Å². The van der Waals surface area contributed by atoms with Gasteiger partial charge in [-0.2, -0.15) is 10.3 Å². The van der Waals surface area contributed by atoms with Crippen molar-refractivity contribution in [2.45, 2.75) is 67.6 Å². The highest BCUT2D eigenvalue weighted by molar-refractivity contribution is 8.03. The third kappa shape index (κ3) is 26.5. The van der Waals surface area contributed by atoms with Gasteiger partial charge in [-0.1, -0.05) is 37.1 Å². The molecule has 0 spiro atoms. The molecule has 2 aliphatic rings. The molecule has 9 N–H and O–H groups in total. The maximum absolute atomic E-state index is 12.0. The third-order valence-corrected chi connectivity index (χ3v) is 13.7. The minimum absolute atomic E-state index is 0.0676. The summed E-state index contributed by atoms with van der Waals surface area (Å²) in [5.74, 6) is -10.4. The van der Waals surface area contributed by atoms with Crippen molar-refractivity contribution in [3.8, 4) is 5.40 Å². The topological polar surface area (TPSA) is 395 Å². The van der Waals surface area contributed by atoms with Crippen LogP contribution in [0.2, 0.25) is 0 Å². The van der Waals surface area contributed by atoms with Gasteiger partial charge in [-0.25, -0.2) is 0 Å². The molecule has 2 aromatic carbocycles. The number of carboxylic acids is 9. The Morgan fingerprint density at radius 3 is 1.46 bits per heavy atom. The number of carbonyl (C=O) groups is 9. The zero-order valence-corrected chi connectivity index (χ0v) is 44.9. The second-order valence-electron chi connectivity index (χ2n) is 18.9. The molecule has 4 unspecified atom stereocenters. The number of isothiocyanates is 1. The molecule has 79 heavy (non-hydrogen) atoms. The van der Waals surface area contributed by atoms with Crippen LogP contribution in [0.4, 0.5) is 5.69 Å². The normalized spacial score (nSPS) is 18.3. The Morgan fingerprint density at radius 2 is 1.00 bits per heavy atom. The number of carboxylic acid groups (broad SMARTS) is 9. The van der Waals surface area contributed by atoms with E-state index in [0.717, 1.165) is 22.2 Å². The number of nitrogens with zero attached hydrogens (tertiary/aromatic N) is 9. The predicted molar refractivity (Wildman–Crippen MR) is 284 cm³/mol. The molecular weight excluding hydrogens is 1080 g/mol. The summed E-state index contributed by atoms with van der Waals surface area (Å²) < 4.78 is 0. The van der Waals surface area contributed by atoms with Gasteiger partial charge in [-0.3, -0.25) is 77.5 Å². The van der Waals surface area contributed by atoms with E-state index in [1.807, 2.05) is 17.5 Å². The van der Waals surface area contributed by atoms with Crippen molar-refractivity contribution >= 4 is 88.6 Å². The highest BCUT2D eigenvalue weighted by Gasteiger charge is 2.39. The second-order valence-corrected chi connectivity index (χ2v) is 19.9. The van der Waals surface area contributed by atoms with Crippen LogP contribution in [0.25, 0.3) is 0 Å². The van der Waals surface area contributed by atoms with Gasteiger partial charge in [-0.05, 0) is 85.1 Å². The SMILES string of the molecule is N#CSc1ccc(CC2CN(CC(=O)O)CCN(CC(=O)O)CCN(CC(=O)O)CCN2CC(=O)O)cc1.O=C(O)CN(CC(=O)O)C(Cc1ccc(N=C=S)cc1)CN(CC(=O)O)C1CCCCC1N(CC(=O)O)CC(=O)O. The summed E-state index contributed by atoms with van der Waals surface area (Å²) in [4.78, 5) is 120. The standard InChI is InChI=1S/C26H34N4O10S.C24H33N5O8S/c31-22(32)11-28(12-23(33)34)19(9-17-5-7-18(8-6-17)27-16-41)10-29(13-24(35)36)20-3-1-2-4-21(20)30(14-25(37)38)15-26(39)40;25-17-38-20-3-1-18(2-4-20)11-19-12-28(15-23(34)35)8-7-26(13-21(30)31)5-6-27(14-22(32)33)9-10-29(19)16-24(36)37/h5-8,19-21H,1-4,9-15H2,(H,31,32)(H,33,34)(H,35,36)(H,37,38)(H,39,40);1-4,19H,5-16H2,(H,30,31)(H,32,33)(H,34,35)(H,36,37). The summed E-state index contributed by atoms with van der Waals surface area (Å²) >= 11 is 5.63. The van der Waals surface area contributed by atoms with Crippen LogP contribution in [0.3, 0.4) is 0 Å². The highest BCUT2D eigenvalue weighted by Crippen LogP contribution is 2.29. The van der Waals surface area contributed by atoms with Gasteiger partial charge in [0, 0.05) is 81.4 Å². The average molecular weight is 1150 g/mol. The number of aliphatic carboxylic acids is 9. The summed E-state index contributed by atoms with van der Waals surface area (Å²) in [6.07, 6.45) is 2.79. The number of thiocyanates is 1. The lowest BCUT2D eigenvalue weighted by atomic mass is 9.87. The van der Waals surface area contributed by atoms with E-state index in [1.54, 1.807) is 60.9 Å². The molecule has 1 saturated carbocycles. The third-order valence-electron chi connectivity index (χ3n) is 13.0. The Morgan fingerprint density at radius 1 is 0.570 bits per heavy atom. The van der Waals surface area contributed by atoms with E-state index in [-0.39, 0.29) is 85.0 Å². The van der Waals surface area contributed by atoms with Gasteiger partial charge in [0.1, 0.15) is 5.40 Å². The molecule has 4 atom stereocenters. The van der Waals surface area contributed by atoms with Gasteiger partial charge in [0.15, 0.2) is 0 Å². The van der Waals surface area contributed by atoms with Crippen LogP contribution in [-0.4, -0.2) is 275 Å². The first-order valence-electron chi connectivity index (χ1n) is 24.9. The lowest BCUT2D eigenvalue weighted by Gasteiger charge is -2.45. The second kappa shape index (κ2) is 34.8. The molecule has 2 fully saturated rings. The van der Waals surface area contributed by atoms with Crippen molar-refractivity contribution < 1.29 is 89.1 Å². The van der Waals surface area contributed by atoms with E-state index in [4.69, 9.17) is 5.26 Å². The Labute approximate surface area is 464 Å². The molecule has 4 rings (SSSR count). The number of aliphatic imine (C=N–C) groups is 1. The summed E-state index contributed by atoms with van der Waals surface area (Å²) in [6, 6.07) is 11.6. The number of nitriles is 1. The summed E-state index contributed by atoms with van der Waals surface area (Å²) in [5.41, 5.74) is 2.10.